The number of aromatic amines is 1. The zero-order valence-corrected chi connectivity index (χ0v) is 19.9. The first-order chi connectivity index (χ1) is 16.5. The molecule has 0 radical (unpaired) electrons. The first-order valence-electron chi connectivity index (χ1n) is 10.5. The molecule has 0 spiro atoms. The predicted octanol–water partition coefficient (Wildman–Crippen LogP) is 4.08. The number of hydrogen-bond acceptors (Lipinski definition) is 6. The Morgan fingerprint density at radius 2 is 1.80 bits per heavy atom. The summed E-state index contributed by atoms with van der Waals surface area (Å²) in [5, 5.41) is 0. The second kappa shape index (κ2) is 9.27. The third kappa shape index (κ3) is 5.13. The van der Waals surface area contributed by atoms with Crippen molar-refractivity contribution in [3.05, 3.63) is 65.9 Å². The van der Waals surface area contributed by atoms with Crippen LogP contribution in [0.25, 0.3) is 22.3 Å². The van der Waals surface area contributed by atoms with Crippen LogP contribution in [0.5, 0.6) is 5.75 Å². The smallest absolute Gasteiger partial charge is 0.417 e. The molecular formula is C23H22F3N5O3S. The van der Waals surface area contributed by atoms with Crippen molar-refractivity contribution in [2.75, 3.05) is 21.2 Å². The van der Waals surface area contributed by atoms with Crippen molar-refractivity contribution >= 4 is 21.2 Å². The number of aryl methyl sites for hydroxylation is 2. The van der Waals surface area contributed by atoms with Gasteiger partial charge in [0.2, 0.25) is 10.0 Å². The molecule has 0 bridgehead atoms. The van der Waals surface area contributed by atoms with E-state index in [2.05, 4.69) is 19.9 Å². The van der Waals surface area contributed by atoms with Crippen LogP contribution in [0.3, 0.4) is 0 Å². The number of H-pyrrole nitrogens is 1. The van der Waals surface area contributed by atoms with Gasteiger partial charge in [-0.25, -0.2) is 22.7 Å². The predicted molar refractivity (Wildman–Crippen MR) is 123 cm³/mol. The molecule has 0 aliphatic carbocycles. The average Bonchev–Trinajstić information content (AvgIpc) is 3.24. The number of methoxy groups -OCH3 is 1. The maximum Gasteiger partial charge on any atom is 0.417 e. The molecule has 12 heteroatoms. The lowest BCUT2D eigenvalue weighted by molar-refractivity contribution is -0.139. The summed E-state index contributed by atoms with van der Waals surface area (Å²) >= 11 is 0. The molecule has 0 saturated heterocycles. The summed E-state index contributed by atoms with van der Waals surface area (Å²) in [7, 11) is -0.347. The Morgan fingerprint density at radius 1 is 1.03 bits per heavy atom. The number of nitrogens with zero attached hydrogens (tertiary/aromatic N) is 4. The topological polar surface area (TPSA) is 101 Å². The highest BCUT2D eigenvalue weighted by atomic mass is 32.2. The molecule has 0 atom stereocenters. The number of aromatic nitrogens is 4. The first-order valence-corrected chi connectivity index (χ1v) is 11.9. The molecular weight excluding hydrogens is 483 g/mol. The van der Waals surface area contributed by atoms with Gasteiger partial charge < -0.3 is 9.72 Å². The fourth-order valence-electron chi connectivity index (χ4n) is 3.54. The monoisotopic (exact) mass is 505 g/mol. The molecule has 4 aromatic rings. The quantitative estimate of drug-likeness (QED) is 0.406. The van der Waals surface area contributed by atoms with Crippen LogP contribution in [0.4, 0.5) is 13.2 Å². The van der Waals surface area contributed by atoms with Gasteiger partial charge in [0.1, 0.15) is 17.1 Å². The van der Waals surface area contributed by atoms with Crippen LogP contribution in [0.1, 0.15) is 17.1 Å². The second-order valence-electron chi connectivity index (χ2n) is 7.96. The zero-order chi connectivity index (χ0) is 25.4. The number of rotatable bonds is 7. The van der Waals surface area contributed by atoms with Gasteiger partial charge in [0.05, 0.1) is 17.6 Å². The van der Waals surface area contributed by atoms with Crippen LogP contribution in [0, 0.1) is 0 Å². The van der Waals surface area contributed by atoms with E-state index in [0.717, 1.165) is 22.1 Å². The first kappa shape index (κ1) is 24.6. The van der Waals surface area contributed by atoms with Crippen LogP contribution in [-0.4, -0.2) is 53.9 Å². The van der Waals surface area contributed by atoms with Gasteiger partial charge in [-0.1, -0.05) is 6.07 Å². The van der Waals surface area contributed by atoms with Crippen molar-refractivity contribution in [1.29, 1.82) is 0 Å². The number of halogens is 3. The van der Waals surface area contributed by atoms with Gasteiger partial charge in [-0.2, -0.15) is 13.2 Å². The molecule has 0 aliphatic heterocycles. The average molecular weight is 506 g/mol. The lowest BCUT2D eigenvalue weighted by Crippen LogP contribution is -2.25. The molecule has 4 rings (SSSR count). The molecule has 0 fully saturated rings. The number of fused-ring (bicyclic) bond motifs is 1. The highest BCUT2D eigenvalue weighted by Crippen LogP contribution is 2.37. The Kier molecular flexibility index (Phi) is 6.52. The van der Waals surface area contributed by atoms with Crippen molar-refractivity contribution in [3.63, 3.8) is 0 Å². The highest BCUT2D eigenvalue weighted by molar-refractivity contribution is 7.89. The zero-order valence-electron chi connectivity index (χ0n) is 19.1. The maximum atomic E-state index is 13.7. The van der Waals surface area contributed by atoms with Crippen molar-refractivity contribution in [3.8, 4) is 16.9 Å². The molecule has 8 nitrogen and oxygen atoms in total. The van der Waals surface area contributed by atoms with Gasteiger partial charge >= 0.3 is 6.18 Å². The summed E-state index contributed by atoms with van der Waals surface area (Å²) in [6, 6.07) is 8.31. The van der Waals surface area contributed by atoms with E-state index in [1.54, 1.807) is 25.4 Å². The minimum atomic E-state index is -4.86. The van der Waals surface area contributed by atoms with E-state index >= 15 is 0 Å². The molecule has 1 aromatic carbocycles. The van der Waals surface area contributed by atoms with Gasteiger partial charge in [0.25, 0.3) is 0 Å². The number of hydrogen-bond donors (Lipinski definition) is 1. The Hall–Kier alpha value is -3.51. The number of imidazole rings is 1. The van der Waals surface area contributed by atoms with Crippen molar-refractivity contribution in [1.82, 2.24) is 24.2 Å². The summed E-state index contributed by atoms with van der Waals surface area (Å²) in [6.07, 6.45) is -0.643. The van der Waals surface area contributed by atoms with E-state index in [4.69, 9.17) is 4.74 Å². The standard InChI is InChI=1S/C23H22F3N5O3S/c1-31(2)35(32,33)20-6-4-14(10-18(20)23(24,25)26)15-11-19-22(28-13-15)30-21(29-19)7-5-16-12-17(34-3)8-9-27-16/h4,6,8-13H,5,7H2,1-3H3,(H,28,29,30). The fraction of sp³-hybridized carbons (Fsp3) is 0.261. The highest BCUT2D eigenvalue weighted by Gasteiger charge is 2.38. The minimum absolute atomic E-state index is 0.176. The van der Waals surface area contributed by atoms with E-state index in [1.807, 2.05) is 6.07 Å². The summed E-state index contributed by atoms with van der Waals surface area (Å²) in [6.45, 7) is 0. The summed E-state index contributed by atoms with van der Waals surface area (Å²) < 4.78 is 72.0. The number of ether oxygens (including phenoxy) is 1. The summed E-state index contributed by atoms with van der Waals surface area (Å²) in [5.41, 5.74) is 1.11. The Balaban J connectivity index is 1.65. The molecule has 0 unspecified atom stereocenters. The maximum absolute atomic E-state index is 13.7. The van der Waals surface area contributed by atoms with Crippen LogP contribution in [0.2, 0.25) is 0 Å². The number of benzene rings is 1. The summed E-state index contributed by atoms with van der Waals surface area (Å²) in [4.78, 5) is 15.4. The van der Waals surface area contributed by atoms with Crippen LogP contribution in [-0.2, 0) is 29.0 Å². The lowest BCUT2D eigenvalue weighted by Gasteiger charge is -2.18. The van der Waals surface area contributed by atoms with Crippen LogP contribution >= 0.6 is 0 Å². The normalized spacial score (nSPS) is 12.4. The molecule has 35 heavy (non-hydrogen) atoms. The van der Waals surface area contributed by atoms with Crippen molar-refractivity contribution in [2.45, 2.75) is 23.9 Å². The SMILES string of the molecule is COc1ccnc(CCc2nc3cc(-c4ccc(S(=O)(=O)N(C)C)c(C(F)(F)F)c4)cnc3[nH]2)c1. The molecule has 3 aromatic heterocycles. The number of nitrogens with one attached hydrogen (secondary N) is 1. The van der Waals surface area contributed by atoms with Gasteiger partial charge in [0.15, 0.2) is 5.65 Å². The molecule has 184 valence electrons. The van der Waals surface area contributed by atoms with Gasteiger partial charge in [-0.05, 0) is 36.2 Å². The second-order valence-corrected chi connectivity index (χ2v) is 10.1. The van der Waals surface area contributed by atoms with E-state index in [0.29, 0.717) is 41.1 Å². The Labute approximate surface area is 199 Å². The minimum Gasteiger partial charge on any atom is -0.497 e. The fourth-order valence-corrected chi connectivity index (χ4v) is 4.63. The number of pyridine rings is 2. The van der Waals surface area contributed by atoms with Crippen LogP contribution < -0.4 is 4.74 Å². The van der Waals surface area contributed by atoms with E-state index in [1.165, 1.54) is 26.4 Å². The van der Waals surface area contributed by atoms with Crippen molar-refractivity contribution < 1.29 is 26.3 Å². The Morgan fingerprint density at radius 3 is 2.49 bits per heavy atom. The van der Waals surface area contributed by atoms with E-state index < -0.39 is 26.7 Å². The van der Waals surface area contributed by atoms with Gasteiger partial charge in [-0.15, -0.1) is 0 Å². The third-order valence-corrected chi connectivity index (χ3v) is 7.28. The largest absolute Gasteiger partial charge is 0.497 e. The lowest BCUT2D eigenvalue weighted by atomic mass is 10.0. The third-order valence-electron chi connectivity index (χ3n) is 5.40. The number of alkyl halides is 3. The Bertz CT molecular complexity index is 1480. The van der Waals surface area contributed by atoms with Gasteiger partial charge in [-0.3, -0.25) is 4.98 Å². The molecule has 3 heterocycles. The molecule has 1 N–H and O–H groups in total. The molecule has 0 aliphatic rings. The van der Waals surface area contributed by atoms with Gasteiger partial charge in [0, 0.05) is 50.2 Å². The summed E-state index contributed by atoms with van der Waals surface area (Å²) in [5.74, 6) is 1.35. The van der Waals surface area contributed by atoms with E-state index in [9.17, 15) is 21.6 Å². The van der Waals surface area contributed by atoms with E-state index in [-0.39, 0.29) is 5.56 Å². The van der Waals surface area contributed by atoms with Crippen molar-refractivity contribution in [2.24, 2.45) is 0 Å². The molecule has 0 amide bonds. The van der Waals surface area contributed by atoms with Crippen LogP contribution in [0.15, 0.2) is 53.7 Å². The molecule has 0 saturated carbocycles. The number of sulfonamides is 1.